The Hall–Kier alpha value is 0.490. The molecule has 150 valence electrons. The summed E-state index contributed by atoms with van der Waals surface area (Å²) in [4.78, 5) is 4.76. The largest absolute Gasteiger partial charge is 0.147 e. The SMILES string of the molecule is CC1=[C]([Zr]([CH3])([CH3])(=[SiH2])[NH]C(C)(C)C)C2=Cc3nc(Br)ccc3C(C)C2=C1.Cl.Cl. The van der Waals surface area contributed by atoms with Gasteiger partial charge in [0.15, 0.2) is 0 Å². The Bertz CT molecular complexity index is 936. The molecule has 2 aliphatic carbocycles. The first-order chi connectivity index (χ1) is 11.3. The molecule has 27 heavy (non-hydrogen) atoms. The molecule has 3 rings (SSSR count). The number of halogens is 3. The molecule has 0 saturated heterocycles. The van der Waals surface area contributed by atoms with Crippen molar-refractivity contribution < 1.29 is 17.7 Å². The molecule has 1 aromatic heterocycles. The maximum absolute atomic E-state index is 4.76. The van der Waals surface area contributed by atoms with Gasteiger partial charge >= 0.3 is 164 Å². The van der Waals surface area contributed by atoms with Crippen LogP contribution in [0.3, 0.4) is 0 Å². The van der Waals surface area contributed by atoms with E-state index >= 15 is 0 Å². The van der Waals surface area contributed by atoms with Crippen molar-refractivity contribution in [3.05, 3.63) is 54.1 Å². The van der Waals surface area contributed by atoms with Crippen LogP contribution in [0, 0.1) is 0 Å². The van der Waals surface area contributed by atoms with Crippen molar-refractivity contribution in [2.45, 2.75) is 55.3 Å². The molecule has 1 atom stereocenters. The van der Waals surface area contributed by atoms with Crippen LogP contribution in [0.2, 0.25) is 9.26 Å². The molecule has 0 radical (unpaired) electrons. The normalized spacial score (nSPS) is 19.4. The van der Waals surface area contributed by atoms with E-state index in [0.717, 1.165) is 10.3 Å². The monoisotopic (exact) mass is 566 g/mol. The van der Waals surface area contributed by atoms with Gasteiger partial charge in [-0.2, -0.15) is 0 Å². The van der Waals surface area contributed by atoms with Gasteiger partial charge in [0.05, 0.1) is 0 Å². The molecule has 0 spiro atoms. The number of rotatable bonds is 2. The second-order valence-electron chi connectivity index (χ2n) is 9.61. The molecule has 1 N–H and O–H groups in total. The number of nitrogens with zero attached hydrogens (tertiary/aromatic N) is 1. The summed E-state index contributed by atoms with van der Waals surface area (Å²) in [6.07, 6.45) is 4.76. The Morgan fingerprint density at radius 1 is 1.15 bits per heavy atom. The third-order valence-corrected chi connectivity index (χ3v) is 18.0. The van der Waals surface area contributed by atoms with Crippen LogP contribution in [0.5, 0.6) is 0 Å². The average Bonchev–Trinajstić information content (AvgIpc) is 2.72. The van der Waals surface area contributed by atoms with Crippen LogP contribution < -0.4 is 3.26 Å². The van der Waals surface area contributed by atoms with E-state index in [1.165, 1.54) is 22.3 Å². The van der Waals surface area contributed by atoms with E-state index in [4.69, 9.17) is 4.98 Å². The Labute approximate surface area is 187 Å². The number of hydrogen-bond donors (Lipinski definition) is 1. The van der Waals surface area contributed by atoms with Gasteiger partial charge in [0.1, 0.15) is 0 Å². The Kier molecular flexibility index (Phi) is 7.53. The van der Waals surface area contributed by atoms with Crippen molar-refractivity contribution in [2.75, 3.05) is 0 Å². The van der Waals surface area contributed by atoms with Crippen LogP contribution in [-0.2, 0) is 17.7 Å². The third kappa shape index (κ3) is 4.98. The molecule has 1 aromatic rings. The summed E-state index contributed by atoms with van der Waals surface area (Å²) in [5.41, 5.74) is 6.91. The van der Waals surface area contributed by atoms with Gasteiger partial charge in [-0.25, -0.2) is 0 Å². The molecular weight excluding hydrogens is 538 g/mol. The van der Waals surface area contributed by atoms with Crippen LogP contribution in [0.15, 0.2) is 42.8 Å². The predicted molar refractivity (Wildman–Crippen MR) is 127 cm³/mol. The second-order valence-corrected chi connectivity index (χ2v) is 38.0. The number of fused-ring (bicyclic) bond motifs is 2. The maximum Gasteiger partial charge on any atom is -0.147 e. The van der Waals surface area contributed by atoms with Crippen molar-refractivity contribution in [2.24, 2.45) is 0 Å². The quantitative estimate of drug-likeness (QED) is 0.347. The minimum absolute atomic E-state index is 0. The Morgan fingerprint density at radius 3 is 2.30 bits per heavy atom. The zero-order chi connectivity index (χ0) is 18.8. The van der Waals surface area contributed by atoms with Gasteiger partial charge in [0.2, 0.25) is 0 Å². The van der Waals surface area contributed by atoms with E-state index in [-0.39, 0.29) is 30.4 Å². The number of nitrogens with one attached hydrogen (secondary N) is 1. The van der Waals surface area contributed by atoms with Crippen LogP contribution in [0.4, 0.5) is 0 Å². The summed E-state index contributed by atoms with van der Waals surface area (Å²) in [6.45, 7) is 13.7. The van der Waals surface area contributed by atoms with Crippen LogP contribution >= 0.6 is 40.7 Å². The van der Waals surface area contributed by atoms with Gasteiger partial charge in [-0.3, -0.25) is 0 Å². The van der Waals surface area contributed by atoms with Gasteiger partial charge in [0, 0.05) is 0 Å². The van der Waals surface area contributed by atoms with Gasteiger partial charge in [0.25, 0.3) is 0 Å². The molecule has 1 heterocycles. The fourth-order valence-corrected chi connectivity index (χ4v) is 23.2. The zero-order valence-electron chi connectivity index (χ0n) is 17.2. The molecule has 7 heteroatoms. The maximum atomic E-state index is 4.76. The van der Waals surface area contributed by atoms with Crippen molar-refractivity contribution in [3.8, 4) is 0 Å². The van der Waals surface area contributed by atoms with Gasteiger partial charge < -0.3 is 0 Å². The first-order valence-electron chi connectivity index (χ1n) is 8.96. The summed E-state index contributed by atoms with van der Waals surface area (Å²) in [5, 5.41) is 0. The van der Waals surface area contributed by atoms with Crippen LogP contribution in [-0.4, -0.2) is 17.4 Å². The summed E-state index contributed by atoms with van der Waals surface area (Å²) in [5.74, 6) is 0.395. The minimum atomic E-state index is -3.26. The van der Waals surface area contributed by atoms with Crippen molar-refractivity contribution in [1.82, 2.24) is 8.24 Å². The first kappa shape index (κ1) is 25.5. The standard InChI is InChI=1S/C14H11BrN.C4H10N.2CH3.2ClH.H2Si.Zr/c1-8-5-10-7-13-11(3-4-14(15)16-13)9(2)12(10)6-8;1-4(2,3)5;;;;;;/h3-4,6-7,9H,1-2H3;5H,1-3H3;2*1H3;2*1H;1H2;/q;-1;;;;;;+1. The molecule has 0 bridgehead atoms. The van der Waals surface area contributed by atoms with Crippen molar-refractivity contribution >= 4 is 53.7 Å². The Balaban J connectivity index is 0.00000182. The van der Waals surface area contributed by atoms with E-state index in [1.807, 2.05) is 0 Å². The Morgan fingerprint density at radius 2 is 1.74 bits per heavy atom. The molecule has 1 unspecified atom stereocenters. The van der Waals surface area contributed by atoms with Gasteiger partial charge in [-0.1, -0.05) is 0 Å². The molecule has 0 aromatic carbocycles. The summed E-state index contributed by atoms with van der Waals surface area (Å²) < 4.78 is 11.6. The van der Waals surface area contributed by atoms with Gasteiger partial charge in [-0.05, 0) is 0 Å². The summed E-state index contributed by atoms with van der Waals surface area (Å²) in [6, 6.07) is 4.27. The zero-order valence-corrected chi connectivity index (χ0v) is 24.3. The smallest absolute Gasteiger partial charge is 0.147 e. The molecular formula is C20H31BrCl2N2SiZr. The van der Waals surface area contributed by atoms with E-state index in [9.17, 15) is 0 Å². The summed E-state index contributed by atoms with van der Waals surface area (Å²) >= 11 is 0.271. The number of pyridine rings is 1. The first-order valence-corrected chi connectivity index (χ1v) is 23.0. The molecule has 0 aliphatic heterocycles. The van der Waals surface area contributed by atoms with E-state index in [2.05, 4.69) is 94.2 Å². The third-order valence-electron chi connectivity index (χ3n) is 5.06. The van der Waals surface area contributed by atoms with Crippen LogP contribution in [0.25, 0.3) is 6.08 Å². The molecule has 2 aliphatic rings. The number of hydrogen-bond acceptors (Lipinski definition) is 2. The number of allylic oxidation sites excluding steroid dienone is 5. The molecule has 0 fully saturated rings. The topological polar surface area (TPSA) is 24.9 Å². The minimum Gasteiger partial charge on any atom is -0.147 e. The van der Waals surface area contributed by atoms with Crippen molar-refractivity contribution in [3.63, 3.8) is 0 Å². The number of aromatic nitrogens is 1. The van der Waals surface area contributed by atoms with Gasteiger partial charge in [-0.15, -0.1) is 24.8 Å². The second kappa shape index (κ2) is 7.96. The molecule has 0 amide bonds. The van der Waals surface area contributed by atoms with Crippen LogP contribution in [0.1, 0.15) is 51.8 Å². The van der Waals surface area contributed by atoms with E-state index < -0.39 is 17.7 Å². The fourth-order valence-electron chi connectivity index (χ4n) is 4.83. The fraction of sp³-hybridized carbons (Fsp3) is 0.450. The molecule has 0 saturated carbocycles. The van der Waals surface area contributed by atoms with E-state index in [0.29, 0.717) is 5.92 Å². The van der Waals surface area contributed by atoms with E-state index in [1.54, 1.807) is 3.28 Å². The predicted octanol–water partition coefficient (Wildman–Crippen LogP) is 6.04. The summed E-state index contributed by atoms with van der Waals surface area (Å²) in [7, 11) is 0. The molecule has 2 nitrogen and oxygen atoms in total. The van der Waals surface area contributed by atoms with Crippen molar-refractivity contribution in [1.29, 1.82) is 0 Å². The average molecular weight is 570 g/mol.